The van der Waals surface area contributed by atoms with Gasteiger partial charge in [-0.25, -0.2) is 0 Å². The molecule has 0 fully saturated rings. The average Bonchev–Trinajstić information content (AvgIpc) is 2.35. The number of benzene rings is 1. The minimum absolute atomic E-state index is 0.0888. The van der Waals surface area contributed by atoms with Crippen molar-refractivity contribution < 1.29 is 5.11 Å². The van der Waals surface area contributed by atoms with Gasteiger partial charge in [0.1, 0.15) is 11.6 Å². The highest BCUT2D eigenvalue weighted by Crippen LogP contribution is 2.31. The van der Waals surface area contributed by atoms with E-state index in [1.54, 1.807) is 0 Å². The van der Waals surface area contributed by atoms with E-state index >= 15 is 0 Å². The Hall–Kier alpha value is -2.54. The van der Waals surface area contributed by atoms with Crippen LogP contribution in [0, 0.1) is 32.1 Å². The number of H-pyrrole nitrogens is 1. The lowest BCUT2D eigenvalue weighted by atomic mass is 9.92. The molecular formula is C15H14N2O2. The summed E-state index contributed by atoms with van der Waals surface area (Å²) in [6, 6.07) is 7.08. The standard InChI is InChI=1S/C15H14N2O2/c1-8-4-5-11(10(3)9(8)2)12-6-14(18)17-15(19)13(12)7-16/h4-6H,1-3H3,(H2,17,18,19). The number of nitrogens with zero attached hydrogens (tertiary/aromatic N) is 1. The van der Waals surface area contributed by atoms with Gasteiger partial charge in [0.15, 0.2) is 0 Å². The quantitative estimate of drug-likeness (QED) is 0.821. The molecule has 4 heteroatoms. The molecule has 2 aromatic rings. The van der Waals surface area contributed by atoms with Crippen LogP contribution in [-0.2, 0) is 0 Å². The lowest BCUT2D eigenvalue weighted by Crippen LogP contribution is -2.06. The first-order valence-electron chi connectivity index (χ1n) is 5.89. The van der Waals surface area contributed by atoms with Crippen molar-refractivity contribution >= 4 is 0 Å². The molecule has 0 aliphatic carbocycles. The fraction of sp³-hybridized carbons (Fsp3) is 0.200. The van der Waals surface area contributed by atoms with Crippen molar-refractivity contribution in [2.45, 2.75) is 20.8 Å². The topological polar surface area (TPSA) is 76.9 Å². The van der Waals surface area contributed by atoms with Gasteiger partial charge in [-0.1, -0.05) is 12.1 Å². The van der Waals surface area contributed by atoms with Crippen molar-refractivity contribution in [2.75, 3.05) is 0 Å². The van der Waals surface area contributed by atoms with Crippen LogP contribution in [-0.4, -0.2) is 10.1 Å². The van der Waals surface area contributed by atoms with Gasteiger partial charge in [0.25, 0.3) is 5.56 Å². The zero-order valence-electron chi connectivity index (χ0n) is 11.0. The van der Waals surface area contributed by atoms with Crippen LogP contribution in [0.4, 0.5) is 0 Å². The number of hydrogen-bond acceptors (Lipinski definition) is 3. The van der Waals surface area contributed by atoms with Crippen molar-refractivity contribution in [1.29, 1.82) is 5.26 Å². The fourth-order valence-corrected chi connectivity index (χ4v) is 2.12. The molecule has 19 heavy (non-hydrogen) atoms. The molecule has 0 aliphatic rings. The van der Waals surface area contributed by atoms with Crippen LogP contribution in [0.25, 0.3) is 11.1 Å². The van der Waals surface area contributed by atoms with E-state index in [0.717, 1.165) is 22.3 Å². The van der Waals surface area contributed by atoms with E-state index in [0.29, 0.717) is 5.56 Å². The fourth-order valence-electron chi connectivity index (χ4n) is 2.12. The van der Waals surface area contributed by atoms with Crippen LogP contribution in [0.1, 0.15) is 22.3 Å². The predicted octanol–water partition coefficient (Wildman–Crippen LogP) is 2.54. The van der Waals surface area contributed by atoms with E-state index < -0.39 is 5.56 Å². The van der Waals surface area contributed by atoms with E-state index in [4.69, 9.17) is 5.26 Å². The highest BCUT2D eigenvalue weighted by molar-refractivity contribution is 5.75. The molecule has 1 aromatic heterocycles. The van der Waals surface area contributed by atoms with Crippen LogP contribution in [0.3, 0.4) is 0 Å². The molecule has 0 amide bonds. The number of aromatic hydroxyl groups is 1. The summed E-state index contributed by atoms with van der Waals surface area (Å²) in [5.74, 6) is -0.386. The van der Waals surface area contributed by atoms with Crippen LogP contribution >= 0.6 is 0 Å². The largest absolute Gasteiger partial charge is 0.494 e. The summed E-state index contributed by atoms with van der Waals surface area (Å²) in [5, 5.41) is 18.8. The molecule has 0 aliphatic heterocycles. The lowest BCUT2D eigenvalue weighted by Gasteiger charge is -2.12. The van der Waals surface area contributed by atoms with Crippen LogP contribution < -0.4 is 5.56 Å². The van der Waals surface area contributed by atoms with Crippen LogP contribution in [0.5, 0.6) is 5.88 Å². The number of pyridine rings is 1. The van der Waals surface area contributed by atoms with Gasteiger partial charge in [-0.15, -0.1) is 0 Å². The molecule has 0 radical (unpaired) electrons. The van der Waals surface area contributed by atoms with Gasteiger partial charge >= 0.3 is 0 Å². The zero-order chi connectivity index (χ0) is 14.2. The SMILES string of the molecule is Cc1ccc(-c2cc(=O)[nH]c(O)c2C#N)c(C)c1C. The predicted molar refractivity (Wildman–Crippen MR) is 73.1 cm³/mol. The van der Waals surface area contributed by atoms with Crippen molar-refractivity contribution in [3.63, 3.8) is 0 Å². The minimum atomic E-state index is -0.427. The highest BCUT2D eigenvalue weighted by atomic mass is 16.3. The summed E-state index contributed by atoms with van der Waals surface area (Å²) in [7, 11) is 0. The van der Waals surface area contributed by atoms with Crippen molar-refractivity contribution in [3.8, 4) is 23.1 Å². The normalized spacial score (nSPS) is 10.2. The number of nitriles is 1. The summed E-state index contributed by atoms with van der Waals surface area (Å²) >= 11 is 0. The summed E-state index contributed by atoms with van der Waals surface area (Å²) in [5.41, 5.74) is 4.18. The first kappa shape index (κ1) is 12.9. The van der Waals surface area contributed by atoms with Crippen molar-refractivity contribution in [1.82, 2.24) is 4.98 Å². The Bertz CT molecular complexity index is 752. The third-order valence-electron chi connectivity index (χ3n) is 3.48. The third kappa shape index (κ3) is 2.11. The number of hydrogen-bond donors (Lipinski definition) is 2. The van der Waals surface area contributed by atoms with Gasteiger partial charge in [0, 0.05) is 11.6 Å². The van der Waals surface area contributed by atoms with Gasteiger partial charge in [-0.05, 0) is 43.0 Å². The molecule has 0 spiro atoms. The van der Waals surface area contributed by atoms with E-state index in [9.17, 15) is 9.90 Å². The Morgan fingerprint density at radius 3 is 2.47 bits per heavy atom. The van der Waals surface area contributed by atoms with Gasteiger partial charge in [0.05, 0.1) is 0 Å². The van der Waals surface area contributed by atoms with E-state index in [-0.39, 0.29) is 11.4 Å². The number of rotatable bonds is 1. The first-order valence-corrected chi connectivity index (χ1v) is 5.89. The summed E-state index contributed by atoms with van der Waals surface area (Å²) < 4.78 is 0. The van der Waals surface area contributed by atoms with Gasteiger partial charge in [-0.2, -0.15) is 5.26 Å². The maximum absolute atomic E-state index is 11.5. The van der Waals surface area contributed by atoms with Crippen molar-refractivity contribution in [3.05, 3.63) is 50.8 Å². The minimum Gasteiger partial charge on any atom is -0.494 e. The maximum atomic E-state index is 11.5. The van der Waals surface area contributed by atoms with E-state index in [1.165, 1.54) is 6.07 Å². The molecule has 0 unspecified atom stereocenters. The van der Waals surface area contributed by atoms with Gasteiger partial charge < -0.3 is 5.11 Å². The monoisotopic (exact) mass is 254 g/mol. The van der Waals surface area contributed by atoms with Gasteiger partial charge in [-0.3, -0.25) is 9.78 Å². The Morgan fingerprint density at radius 2 is 1.84 bits per heavy atom. The maximum Gasteiger partial charge on any atom is 0.251 e. The second-order valence-electron chi connectivity index (χ2n) is 4.56. The number of aromatic amines is 1. The number of nitrogens with one attached hydrogen (secondary N) is 1. The molecular weight excluding hydrogens is 240 g/mol. The molecule has 96 valence electrons. The summed E-state index contributed by atoms with van der Waals surface area (Å²) in [6.45, 7) is 5.94. The Kier molecular flexibility index (Phi) is 3.14. The lowest BCUT2D eigenvalue weighted by molar-refractivity contribution is 0.450. The third-order valence-corrected chi connectivity index (χ3v) is 3.48. The van der Waals surface area contributed by atoms with Crippen LogP contribution in [0.15, 0.2) is 23.0 Å². The second kappa shape index (κ2) is 4.62. The molecule has 1 aromatic carbocycles. The molecule has 0 saturated heterocycles. The Balaban J connectivity index is 2.84. The first-order chi connectivity index (χ1) is 8.95. The molecule has 2 N–H and O–H groups in total. The average molecular weight is 254 g/mol. The zero-order valence-corrected chi connectivity index (χ0v) is 11.0. The number of aryl methyl sites for hydroxylation is 1. The molecule has 0 atom stereocenters. The van der Waals surface area contributed by atoms with Crippen LogP contribution in [0.2, 0.25) is 0 Å². The van der Waals surface area contributed by atoms with E-state index in [1.807, 2.05) is 39.0 Å². The molecule has 2 rings (SSSR count). The summed E-state index contributed by atoms with van der Waals surface area (Å²) in [6.07, 6.45) is 0. The van der Waals surface area contributed by atoms with E-state index in [2.05, 4.69) is 4.98 Å². The highest BCUT2D eigenvalue weighted by Gasteiger charge is 2.14. The molecule has 1 heterocycles. The summed E-state index contributed by atoms with van der Waals surface area (Å²) in [4.78, 5) is 13.7. The molecule has 0 saturated carbocycles. The Morgan fingerprint density at radius 1 is 1.16 bits per heavy atom. The molecule has 4 nitrogen and oxygen atoms in total. The Labute approximate surface area is 111 Å². The molecule has 0 bridgehead atoms. The number of aromatic nitrogens is 1. The van der Waals surface area contributed by atoms with Crippen molar-refractivity contribution in [2.24, 2.45) is 0 Å². The second-order valence-corrected chi connectivity index (χ2v) is 4.56. The smallest absolute Gasteiger partial charge is 0.251 e. The van der Waals surface area contributed by atoms with Gasteiger partial charge in [0.2, 0.25) is 5.88 Å².